The molecule has 0 spiro atoms. The molecule has 1 aliphatic heterocycles. The van der Waals surface area contributed by atoms with Crippen LogP contribution < -0.4 is 5.32 Å². The lowest BCUT2D eigenvalue weighted by atomic mass is 9.78. The van der Waals surface area contributed by atoms with Gasteiger partial charge in [-0.3, -0.25) is 9.69 Å². The number of carbonyl (C=O) groups is 1. The zero-order valence-corrected chi connectivity index (χ0v) is 14.4. The van der Waals surface area contributed by atoms with E-state index < -0.39 is 0 Å². The number of nitrogens with one attached hydrogen (secondary N) is 1. The molecule has 23 heavy (non-hydrogen) atoms. The van der Waals surface area contributed by atoms with E-state index in [1.54, 1.807) is 0 Å². The van der Waals surface area contributed by atoms with Gasteiger partial charge in [-0.25, -0.2) is 0 Å². The predicted octanol–water partition coefficient (Wildman–Crippen LogP) is 3.31. The van der Waals surface area contributed by atoms with E-state index in [0.29, 0.717) is 12.6 Å². The van der Waals surface area contributed by atoms with Gasteiger partial charge in [-0.1, -0.05) is 37.1 Å². The van der Waals surface area contributed by atoms with Crippen molar-refractivity contribution >= 4 is 5.91 Å². The van der Waals surface area contributed by atoms with Crippen LogP contribution in [-0.4, -0.2) is 36.5 Å². The number of likely N-dealkylation sites (tertiary alicyclic amines) is 1. The summed E-state index contributed by atoms with van der Waals surface area (Å²) in [4.78, 5) is 14.8. The first kappa shape index (κ1) is 16.5. The maximum absolute atomic E-state index is 12.3. The molecule has 0 unspecified atom stereocenters. The lowest BCUT2D eigenvalue weighted by molar-refractivity contribution is -0.123. The molecule has 126 valence electrons. The van der Waals surface area contributed by atoms with Crippen LogP contribution in [0.4, 0.5) is 0 Å². The fraction of sp³-hybridized carbons (Fsp3) is 0.650. The summed E-state index contributed by atoms with van der Waals surface area (Å²) in [6, 6.07) is 9.09. The maximum Gasteiger partial charge on any atom is 0.234 e. The summed E-state index contributed by atoms with van der Waals surface area (Å²) in [5.41, 5.74) is 2.64. The van der Waals surface area contributed by atoms with Crippen LogP contribution in [0.2, 0.25) is 0 Å². The van der Waals surface area contributed by atoms with Crippen LogP contribution in [0.1, 0.15) is 49.7 Å². The monoisotopic (exact) mass is 314 g/mol. The lowest BCUT2D eigenvalue weighted by Crippen LogP contribution is -2.50. The van der Waals surface area contributed by atoms with Crippen molar-refractivity contribution < 1.29 is 4.79 Å². The fourth-order valence-electron chi connectivity index (χ4n) is 4.39. The molecule has 3 nitrogen and oxygen atoms in total. The van der Waals surface area contributed by atoms with Crippen molar-refractivity contribution in [3.8, 4) is 0 Å². The van der Waals surface area contributed by atoms with E-state index in [4.69, 9.17) is 0 Å². The van der Waals surface area contributed by atoms with Gasteiger partial charge in [0.05, 0.1) is 6.54 Å². The molecule has 3 heteroatoms. The molecule has 1 aromatic rings. The highest BCUT2D eigenvalue weighted by Gasteiger charge is 2.33. The van der Waals surface area contributed by atoms with Gasteiger partial charge in [0, 0.05) is 12.6 Å². The number of amides is 1. The van der Waals surface area contributed by atoms with E-state index in [1.807, 2.05) is 0 Å². The largest absolute Gasteiger partial charge is 0.355 e. The molecule has 0 bridgehead atoms. The second kappa shape index (κ2) is 7.96. The number of aryl methyl sites for hydroxylation is 1. The first-order valence-electron chi connectivity index (χ1n) is 9.29. The molecule has 1 heterocycles. The minimum absolute atomic E-state index is 0.199. The number of nitrogens with zero attached hydrogens (tertiary/aromatic N) is 1. The van der Waals surface area contributed by atoms with E-state index >= 15 is 0 Å². The number of piperidine rings is 1. The van der Waals surface area contributed by atoms with Gasteiger partial charge in [-0.15, -0.1) is 0 Å². The Morgan fingerprint density at radius 1 is 1.17 bits per heavy atom. The van der Waals surface area contributed by atoms with Crippen molar-refractivity contribution in [2.75, 3.05) is 19.6 Å². The highest BCUT2D eigenvalue weighted by molar-refractivity contribution is 5.78. The number of fused-ring (bicyclic) bond motifs is 1. The zero-order valence-electron chi connectivity index (χ0n) is 14.4. The number of benzene rings is 1. The number of hydrogen-bond acceptors (Lipinski definition) is 2. The van der Waals surface area contributed by atoms with Crippen LogP contribution in [0.5, 0.6) is 0 Å². The maximum atomic E-state index is 12.3. The van der Waals surface area contributed by atoms with Gasteiger partial charge >= 0.3 is 0 Å². The fourth-order valence-corrected chi connectivity index (χ4v) is 4.39. The van der Waals surface area contributed by atoms with Crippen LogP contribution in [0.15, 0.2) is 24.3 Å². The Hall–Kier alpha value is -1.35. The van der Waals surface area contributed by atoms with Crippen molar-refractivity contribution in [1.29, 1.82) is 0 Å². The third-order valence-corrected chi connectivity index (χ3v) is 5.68. The van der Waals surface area contributed by atoms with Crippen LogP contribution in [0, 0.1) is 12.8 Å². The third-order valence-electron chi connectivity index (χ3n) is 5.68. The van der Waals surface area contributed by atoms with Gasteiger partial charge in [0.25, 0.3) is 0 Å². The molecule has 1 N–H and O–H groups in total. The van der Waals surface area contributed by atoms with Crippen LogP contribution in [0.3, 0.4) is 0 Å². The molecule has 2 aliphatic rings. The van der Waals surface area contributed by atoms with E-state index in [0.717, 1.165) is 25.4 Å². The Labute approximate surface area is 140 Å². The molecule has 0 aromatic heterocycles. The summed E-state index contributed by atoms with van der Waals surface area (Å²) in [7, 11) is 0. The summed E-state index contributed by atoms with van der Waals surface area (Å²) >= 11 is 0. The summed E-state index contributed by atoms with van der Waals surface area (Å²) in [5, 5.41) is 3.12. The average molecular weight is 314 g/mol. The highest BCUT2D eigenvalue weighted by Crippen LogP contribution is 2.34. The Morgan fingerprint density at radius 3 is 2.83 bits per heavy atom. The van der Waals surface area contributed by atoms with Gasteiger partial charge in [0.15, 0.2) is 0 Å². The Morgan fingerprint density at radius 2 is 1.96 bits per heavy atom. The minimum Gasteiger partial charge on any atom is -0.355 e. The van der Waals surface area contributed by atoms with Crippen molar-refractivity contribution in [3.05, 3.63) is 35.4 Å². The molecule has 1 amide bonds. The van der Waals surface area contributed by atoms with Gasteiger partial charge in [-0.2, -0.15) is 0 Å². The second-order valence-corrected chi connectivity index (χ2v) is 7.25. The summed E-state index contributed by atoms with van der Waals surface area (Å²) in [6.07, 6.45) is 8.94. The van der Waals surface area contributed by atoms with Crippen molar-refractivity contribution in [1.82, 2.24) is 10.2 Å². The predicted molar refractivity (Wildman–Crippen MR) is 94.4 cm³/mol. The van der Waals surface area contributed by atoms with Crippen molar-refractivity contribution in [2.24, 2.45) is 5.92 Å². The molecule has 3 rings (SSSR count). The summed E-state index contributed by atoms with van der Waals surface area (Å²) < 4.78 is 0. The van der Waals surface area contributed by atoms with Crippen molar-refractivity contribution in [2.45, 2.75) is 57.9 Å². The first-order valence-corrected chi connectivity index (χ1v) is 9.29. The van der Waals surface area contributed by atoms with Crippen LogP contribution in [0.25, 0.3) is 0 Å². The summed E-state index contributed by atoms with van der Waals surface area (Å²) in [6.45, 7) is 4.57. The molecule has 1 aliphatic carbocycles. The average Bonchev–Trinajstić information content (AvgIpc) is 2.57. The normalized spacial score (nSPS) is 24.9. The number of carbonyl (C=O) groups excluding carboxylic acids is 1. The third kappa shape index (κ3) is 4.35. The molecular weight excluding hydrogens is 284 g/mol. The zero-order chi connectivity index (χ0) is 16.1. The summed E-state index contributed by atoms with van der Waals surface area (Å²) in [5.74, 6) is 1.04. The molecular formula is C20H30N2O. The van der Waals surface area contributed by atoms with E-state index in [9.17, 15) is 4.79 Å². The molecule has 1 saturated heterocycles. The van der Waals surface area contributed by atoms with Crippen LogP contribution >= 0.6 is 0 Å². The topological polar surface area (TPSA) is 32.3 Å². The first-order chi connectivity index (χ1) is 11.2. The van der Waals surface area contributed by atoms with Gasteiger partial charge < -0.3 is 5.32 Å². The Kier molecular flexibility index (Phi) is 5.71. The molecule has 0 radical (unpaired) electrons. The molecule has 1 saturated carbocycles. The van der Waals surface area contributed by atoms with Gasteiger partial charge in [0.1, 0.15) is 0 Å². The minimum atomic E-state index is 0.199. The Balaban J connectivity index is 1.44. The van der Waals surface area contributed by atoms with E-state index in [1.165, 1.54) is 49.7 Å². The second-order valence-electron chi connectivity index (χ2n) is 7.25. The number of hydrogen-bond donors (Lipinski definition) is 1. The SMILES string of the molecule is Cc1ccccc1CCNC(=O)CN1CCC[C@H]2CCCC[C@@H]21. The smallest absolute Gasteiger partial charge is 0.234 e. The van der Waals surface area contributed by atoms with Crippen molar-refractivity contribution in [3.63, 3.8) is 0 Å². The standard InChI is InChI=1S/C20H30N2O/c1-16-7-2-3-8-17(16)12-13-21-20(23)15-22-14-6-10-18-9-4-5-11-19(18)22/h2-3,7-8,18-19H,4-6,9-15H2,1H3,(H,21,23)/t18-,19+/m1/s1. The van der Waals surface area contributed by atoms with Gasteiger partial charge in [-0.05, 0) is 62.6 Å². The molecule has 2 atom stereocenters. The lowest BCUT2D eigenvalue weighted by Gasteiger charge is -2.43. The Bertz CT molecular complexity index is 526. The van der Waals surface area contributed by atoms with Crippen LogP contribution in [-0.2, 0) is 11.2 Å². The highest BCUT2D eigenvalue weighted by atomic mass is 16.2. The van der Waals surface area contributed by atoms with Gasteiger partial charge in [0.2, 0.25) is 5.91 Å². The molecule has 1 aromatic carbocycles. The van der Waals surface area contributed by atoms with E-state index in [-0.39, 0.29) is 5.91 Å². The molecule has 2 fully saturated rings. The number of rotatable bonds is 5. The quantitative estimate of drug-likeness (QED) is 0.904. The van der Waals surface area contributed by atoms with E-state index in [2.05, 4.69) is 41.4 Å².